The predicted octanol–water partition coefficient (Wildman–Crippen LogP) is 6.50. The summed E-state index contributed by atoms with van der Waals surface area (Å²) in [5.74, 6) is -1.80. The summed E-state index contributed by atoms with van der Waals surface area (Å²) < 4.78 is 63.2. The number of hydrogen-bond acceptors (Lipinski definition) is 5. The van der Waals surface area contributed by atoms with Crippen LogP contribution in [0.4, 0.5) is 18.9 Å². The molecular weight excluding hydrogens is 569 g/mol. The van der Waals surface area contributed by atoms with Gasteiger partial charge >= 0.3 is 12.1 Å². The van der Waals surface area contributed by atoms with Crippen molar-refractivity contribution in [2.24, 2.45) is 5.92 Å². The van der Waals surface area contributed by atoms with Gasteiger partial charge in [-0.2, -0.15) is 13.2 Å². The summed E-state index contributed by atoms with van der Waals surface area (Å²) in [6, 6.07) is 17.6. The van der Waals surface area contributed by atoms with Crippen molar-refractivity contribution in [3.8, 4) is 11.1 Å². The van der Waals surface area contributed by atoms with E-state index in [-0.39, 0.29) is 23.8 Å². The first-order valence-corrected chi connectivity index (χ1v) is 15.5. The molecule has 1 fully saturated rings. The Morgan fingerprint density at radius 1 is 1.02 bits per heavy atom. The number of sulfone groups is 1. The fourth-order valence-corrected chi connectivity index (χ4v) is 5.84. The summed E-state index contributed by atoms with van der Waals surface area (Å²) in [4.78, 5) is 26.0. The van der Waals surface area contributed by atoms with Crippen LogP contribution in [0.15, 0.2) is 71.6 Å². The van der Waals surface area contributed by atoms with E-state index in [2.05, 4.69) is 5.32 Å². The smallest absolute Gasteiger partial charge is 0.389 e. The molecule has 1 heterocycles. The van der Waals surface area contributed by atoms with Crippen molar-refractivity contribution in [1.29, 1.82) is 0 Å². The maximum Gasteiger partial charge on any atom is 0.389 e. The van der Waals surface area contributed by atoms with Crippen LogP contribution in [0.5, 0.6) is 0 Å². The minimum atomic E-state index is -4.34. The van der Waals surface area contributed by atoms with E-state index in [4.69, 9.17) is 0 Å². The van der Waals surface area contributed by atoms with Crippen LogP contribution in [0.25, 0.3) is 11.1 Å². The van der Waals surface area contributed by atoms with Crippen LogP contribution < -0.4 is 5.32 Å². The Hall–Kier alpha value is -3.86. The van der Waals surface area contributed by atoms with Gasteiger partial charge in [0.2, 0.25) is 0 Å². The normalized spacial score (nSPS) is 16.6. The topological polar surface area (TPSA) is 104 Å². The number of nitrogens with one attached hydrogen (secondary N) is 1. The summed E-state index contributed by atoms with van der Waals surface area (Å²) in [7, 11) is -3.34. The molecule has 1 aliphatic rings. The van der Waals surface area contributed by atoms with Gasteiger partial charge in [0.05, 0.1) is 16.9 Å². The molecule has 2 atom stereocenters. The Morgan fingerprint density at radius 2 is 1.67 bits per heavy atom. The molecule has 1 aliphatic heterocycles. The van der Waals surface area contributed by atoms with Crippen LogP contribution in [0, 0.1) is 12.8 Å². The number of carbonyl (C=O) groups is 2. The van der Waals surface area contributed by atoms with Gasteiger partial charge in [-0.3, -0.25) is 9.59 Å². The van der Waals surface area contributed by atoms with Crippen molar-refractivity contribution in [3.05, 3.63) is 83.4 Å². The number of halogens is 3. The van der Waals surface area contributed by atoms with E-state index in [9.17, 15) is 36.3 Å². The predicted molar refractivity (Wildman–Crippen MR) is 154 cm³/mol. The fraction of sp³-hybridized carbons (Fsp3) is 0.355. The highest BCUT2D eigenvalue weighted by Gasteiger charge is 2.30. The lowest BCUT2D eigenvalue weighted by molar-refractivity contribution is -0.143. The summed E-state index contributed by atoms with van der Waals surface area (Å²) in [6.45, 7) is 2.43. The molecule has 1 saturated heterocycles. The number of amides is 1. The molecule has 3 aromatic carbocycles. The lowest BCUT2D eigenvalue weighted by Gasteiger charge is -2.30. The Morgan fingerprint density at radius 3 is 2.24 bits per heavy atom. The van der Waals surface area contributed by atoms with E-state index in [1.807, 2.05) is 13.0 Å². The Bertz CT molecular complexity index is 1540. The molecule has 0 aromatic heterocycles. The highest BCUT2D eigenvalue weighted by molar-refractivity contribution is 7.90. The van der Waals surface area contributed by atoms with Gasteiger partial charge in [-0.25, -0.2) is 8.42 Å². The summed E-state index contributed by atoms with van der Waals surface area (Å²) in [6.07, 6.45) is -3.28. The standard InChI is InChI=1S/C31H33F3N2O5S/c1-20-18-23(21-7-12-26(13-8-21)42(2,40)41)9-14-27(20)28(15-16-31(32,33)34)35-25-10-5-22(6-11-25)29(37)36-17-3-4-24(19-36)30(38)39/h5-14,18,24,28,35H,3-4,15-17,19H2,1-2H3,(H,38,39)/t24-,28?/m1/s1. The first-order chi connectivity index (χ1) is 19.7. The minimum Gasteiger partial charge on any atom is -0.481 e. The molecule has 11 heteroatoms. The molecule has 0 spiro atoms. The quantitative estimate of drug-likeness (QED) is 0.290. The maximum atomic E-state index is 13.2. The second-order valence-corrected chi connectivity index (χ2v) is 12.7. The first-order valence-electron chi connectivity index (χ1n) is 13.6. The molecule has 3 aromatic rings. The molecule has 224 valence electrons. The molecule has 42 heavy (non-hydrogen) atoms. The minimum absolute atomic E-state index is 0.144. The molecule has 1 amide bonds. The number of aryl methyl sites for hydroxylation is 1. The van der Waals surface area contributed by atoms with Gasteiger partial charge in [-0.15, -0.1) is 0 Å². The van der Waals surface area contributed by atoms with Gasteiger partial charge in [-0.05, 0) is 84.8 Å². The van der Waals surface area contributed by atoms with Gasteiger partial charge in [-0.1, -0.05) is 30.3 Å². The molecule has 0 aliphatic carbocycles. The van der Waals surface area contributed by atoms with Crippen molar-refractivity contribution in [3.63, 3.8) is 0 Å². The van der Waals surface area contributed by atoms with Crippen molar-refractivity contribution >= 4 is 27.4 Å². The number of alkyl halides is 3. The number of rotatable bonds is 9. The highest BCUT2D eigenvalue weighted by Crippen LogP contribution is 2.34. The number of benzene rings is 3. The van der Waals surface area contributed by atoms with Gasteiger partial charge in [0.15, 0.2) is 9.84 Å². The lowest BCUT2D eigenvalue weighted by atomic mass is 9.93. The van der Waals surface area contributed by atoms with Crippen LogP contribution >= 0.6 is 0 Å². The summed E-state index contributed by atoms with van der Waals surface area (Å²) in [5, 5.41) is 12.5. The van der Waals surface area contributed by atoms with E-state index in [1.165, 1.54) is 17.0 Å². The molecule has 0 saturated carbocycles. The Kier molecular flexibility index (Phi) is 9.30. The average Bonchev–Trinajstić information content (AvgIpc) is 2.94. The molecule has 7 nitrogen and oxygen atoms in total. The number of carboxylic acids is 1. The zero-order chi connectivity index (χ0) is 30.7. The third-order valence-electron chi connectivity index (χ3n) is 7.51. The van der Waals surface area contributed by atoms with Crippen molar-refractivity contribution in [2.75, 3.05) is 24.7 Å². The van der Waals surface area contributed by atoms with Gasteiger partial charge in [0.25, 0.3) is 5.91 Å². The van der Waals surface area contributed by atoms with Crippen LogP contribution in [-0.4, -0.2) is 55.8 Å². The van der Waals surface area contributed by atoms with E-state index >= 15 is 0 Å². The number of piperidine rings is 1. The fourth-order valence-electron chi connectivity index (χ4n) is 5.21. The molecule has 2 N–H and O–H groups in total. The van der Waals surface area contributed by atoms with Crippen LogP contribution in [0.3, 0.4) is 0 Å². The molecule has 0 radical (unpaired) electrons. The lowest BCUT2D eigenvalue weighted by Crippen LogP contribution is -2.42. The first kappa shape index (κ1) is 31.1. The van der Waals surface area contributed by atoms with Crippen LogP contribution in [0.2, 0.25) is 0 Å². The summed E-state index contributed by atoms with van der Waals surface area (Å²) in [5.41, 5.74) is 3.95. The third-order valence-corrected chi connectivity index (χ3v) is 8.64. The largest absolute Gasteiger partial charge is 0.481 e. The maximum absolute atomic E-state index is 13.2. The van der Waals surface area contributed by atoms with Gasteiger partial charge in [0.1, 0.15) is 0 Å². The van der Waals surface area contributed by atoms with Crippen LogP contribution in [0.1, 0.15) is 53.2 Å². The Labute approximate surface area is 243 Å². The van der Waals surface area contributed by atoms with Crippen LogP contribution in [-0.2, 0) is 14.6 Å². The number of hydrogen-bond donors (Lipinski definition) is 2. The number of anilines is 1. The second-order valence-electron chi connectivity index (χ2n) is 10.7. The van der Waals surface area contributed by atoms with Gasteiger partial charge in [0, 0.05) is 37.0 Å². The SMILES string of the molecule is Cc1cc(-c2ccc(S(C)(=O)=O)cc2)ccc1C(CCC(F)(F)F)Nc1ccc(C(=O)N2CCC[C@@H](C(=O)O)C2)cc1. The highest BCUT2D eigenvalue weighted by atomic mass is 32.2. The summed E-state index contributed by atoms with van der Waals surface area (Å²) >= 11 is 0. The monoisotopic (exact) mass is 602 g/mol. The van der Waals surface area contributed by atoms with E-state index in [0.717, 1.165) is 22.9 Å². The average molecular weight is 603 g/mol. The number of likely N-dealkylation sites (tertiary alicyclic amines) is 1. The van der Waals surface area contributed by atoms with E-state index in [0.29, 0.717) is 36.2 Å². The molecule has 4 rings (SSSR count). The zero-order valence-corrected chi connectivity index (χ0v) is 24.1. The number of nitrogens with zero attached hydrogens (tertiary/aromatic N) is 1. The van der Waals surface area contributed by atoms with Gasteiger partial charge < -0.3 is 15.3 Å². The van der Waals surface area contributed by atoms with E-state index in [1.54, 1.807) is 48.5 Å². The number of aliphatic carboxylic acids is 1. The second kappa shape index (κ2) is 12.6. The van der Waals surface area contributed by atoms with Crippen molar-refractivity contribution < 1.29 is 36.3 Å². The van der Waals surface area contributed by atoms with Crippen molar-refractivity contribution in [2.45, 2.75) is 49.7 Å². The molecular formula is C31H33F3N2O5S. The third kappa shape index (κ3) is 7.90. The van der Waals surface area contributed by atoms with Crippen molar-refractivity contribution in [1.82, 2.24) is 4.90 Å². The zero-order valence-electron chi connectivity index (χ0n) is 23.3. The molecule has 0 bridgehead atoms. The Balaban J connectivity index is 1.53. The number of carbonyl (C=O) groups excluding carboxylic acids is 1. The molecule has 1 unspecified atom stereocenters. The number of carboxylic acid groups (broad SMARTS) is 1. The van der Waals surface area contributed by atoms with E-state index < -0.39 is 40.4 Å².